The van der Waals surface area contributed by atoms with Crippen LogP contribution in [0.3, 0.4) is 0 Å². The van der Waals surface area contributed by atoms with Gasteiger partial charge in [-0.05, 0) is 24.7 Å². The number of rotatable bonds is 0. The van der Waals surface area contributed by atoms with Crippen molar-refractivity contribution < 1.29 is 13.2 Å². The van der Waals surface area contributed by atoms with E-state index >= 15 is 0 Å². The molecular formula is C8H9F3. The minimum absolute atomic E-state index is 0.208. The second-order valence-electron chi connectivity index (χ2n) is 3.43. The molecule has 0 aromatic heterocycles. The fraction of sp³-hybridized carbons (Fsp3) is 0.750. The van der Waals surface area contributed by atoms with Gasteiger partial charge < -0.3 is 0 Å². The average Bonchev–Trinajstić information content (AvgIpc) is 2.42. The van der Waals surface area contributed by atoms with Crippen LogP contribution in [0.2, 0.25) is 0 Å². The summed E-state index contributed by atoms with van der Waals surface area (Å²) >= 11 is 0. The molecular weight excluding hydrogens is 153 g/mol. The van der Waals surface area contributed by atoms with Gasteiger partial charge in [0.15, 0.2) is 0 Å². The van der Waals surface area contributed by atoms with Gasteiger partial charge in [0.1, 0.15) is 0 Å². The number of hydrogen-bond acceptors (Lipinski definition) is 0. The third kappa shape index (κ3) is 1.06. The number of halogens is 3. The number of fused-ring (bicyclic) bond motifs is 2. The smallest absolute Gasteiger partial charge is 0.171 e. The van der Waals surface area contributed by atoms with Gasteiger partial charge in [-0.15, -0.1) is 0 Å². The van der Waals surface area contributed by atoms with Crippen molar-refractivity contribution in [3.63, 3.8) is 0 Å². The van der Waals surface area contributed by atoms with Crippen molar-refractivity contribution in [2.45, 2.75) is 19.0 Å². The van der Waals surface area contributed by atoms with E-state index in [-0.39, 0.29) is 11.8 Å². The van der Waals surface area contributed by atoms with Gasteiger partial charge in [-0.3, -0.25) is 0 Å². The summed E-state index contributed by atoms with van der Waals surface area (Å²) in [5, 5.41) is 0. The molecule has 3 heteroatoms. The van der Waals surface area contributed by atoms with Crippen LogP contribution in [0.25, 0.3) is 0 Å². The third-order valence-corrected chi connectivity index (χ3v) is 2.70. The van der Waals surface area contributed by atoms with Crippen LogP contribution in [0.5, 0.6) is 0 Å². The summed E-state index contributed by atoms with van der Waals surface area (Å²) in [6.07, 6.45) is 0.734. The molecule has 0 amide bonds. The largest absolute Gasteiger partial charge is 0.392 e. The van der Waals surface area contributed by atoms with E-state index in [4.69, 9.17) is 0 Å². The Morgan fingerprint density at radius 2 is 1.82 bits per heavy atom. The summed E-state index contributed by atoms with van der Waals surface area (Å²) in [7, 11) is 0. The molecule has 0 heterocycles. The SMILES string of the molecule is FC(F)(F)[C@@H]1C[C@H]2C=C[C@H]1C2. The van der Waals surface area contributed by atoms with Crippen molar-refractivity contribution in [2.24, 2.45) is 17.8 Å². The lowest BCUT2D eigenvalue weighted by molar-refractivity contribution is -0.180. The van der Waals surface area contributed by atoms with Gasteiger partial charge in [-0.25, -0.2) is 0 Å². The van der Waals surface area contributed by atoms with E-state index < -0.39 is 12.1 Å². The summed E-state index contributed by atoms with van der Waals surface area (Å²) in [5.41, 5.74) is 0. The third-order valence-electron chi connectivity index (χ3n) is 2.70. The molecule has 1 fully saturated rings. The summed E-state index contributed by atoms with van der Waals surface area (Å²) < 4.78 is 36.6. The number of allylic oxidation sites excluding steroid dienone is 2. The van der Waals surface area contributed by atoms with Crippen LogP contribution in [0.1, 0.15) is 12.8 Å². The number of alkyl halides is 3. The first-order chi connectivity index (χ1) is 5.07. The molecule has 0 aromatic rings. The summed E-state index contributed by atoms with van der Waals surface area (Å²) in [6, 6.07) is 0. The van der Waals surface area contributed by atoms with E-state index in [0.717, 1.165) is 6.42 Å². The first-order valence-corrected chi connectivity index (χ1v) is 3.82. The van der Waals surface area contributed by atoms with Gasteiger partial charge in [-0.2, -0.15) is 13.2 Å². The van der Waals surface area contributed by atoms with Crippen molar-refractivity contribution in [2.75, 3.05) is 0 Å². The molecule has 0 aromatic carbocycles. The van der Waals surface area contributed by atoms with E-state index in [1.807, 2.05) is 6.08 Å². The van der Waals surface area contributed by atoms with Gasteiger partial charge in [-0.1, -0.05) is 12.2 Å². The fourth-order valence-electron chi connectivity index (χ4n) is 2.16. The zero-order chi connectivity index (χ0) is 8.06. The molecule has 3 atom stereocenters. The Morgan fingerprint density at radius 3 is 2.09 bits per heavy atom. The zero-order valence-electron chi connectivity index (χ0n) is 5.93. The van der Waals surface area contributed by atoms with Gasteiger partial charge in [0.2, 0.25) is 0 Å². The predicted molar refractivity (Wildman–Crippen MR) is 34.9 cm³/mol. The van der Waals surface area contributed by atoms with Gasteiger partial charge >= 0.3 is 6.18 Å². The van der Waals surface area contributed by atoms with Crippen molar-refractivity contribution >= 4 is 0 Å². The highest BCUT2D eigenvalue weighted by molar-refractivity contribution is 5.11. The number of hydrogen-bond donors (Lipinski definition) is 0. The minimum Gasteiger partial charge on any atom is -0.171 e. The molecule has 0 spiro atoms. The Bertz CT molecular complexity index is 192. The normalized spacial score (nSPS) is 41.9. The lowest BCUT2D eigenvalue weighted by Gasteiger charge is -2.20. The second-order valence-corrected chi connectivity index (χ2v) is 3.43. The summed E-state index contributed by atoms with van der Waals surface area (Å²) in [6.45, 7) is 0. The molecule has 0 radical (unpaired) electrons. The van der Waals surface area contributed by atoms with Crippen molar-refractivity contribution in [1.82, 2.24) is 0 Å². The van der Waals surface area contributed by atoms with E-state index in [1.54, 1.807) is 6.08 Å². The average molecular weight is 162 g/mol. The van der Waals surface area contributed by atoms with Crippen LogP contribution in [0.15, 0.2) is 12.2 Å². The first-order valence-electron chi connectivity index (χ1n) is 3.82. The van der Waals surface area contributed by atoms with E-state index in [0.29, 0.717) is 6.42 Å². The lowest BCUT2D eigenvalue weighted by Crippen LogP contribution is -2.26. The van der Waals surface area contributed by atoms with Crippen LogP contribution in [-0.4, -0.2) is 6.18 Å². The molecule has 2 aliphatic carbocycles. The molecule has 0 nitrogen and oxygen atoms in total. The maximum atomic E-state index is 12.2. The summed E-state index contributed by atoms with van der Waals surface area (Å²) in [5.74, 6) is -1.04. The topological polar surface area (TPSA) is 0 Å². The maximum Gasteiger partial charge on any atom is 0.392 e. The van der Waals surface area contributed by atoms with Crippen LogP contribution < -0.4 is 0 Å². The Hall–Kier alpha value is -0.470. The van der Waals surface area contributed by atoms with E-state index in [1.165, 1.54) is 0 Å². The van der Waals surface area contributed by atoms with Crippen LogP contribution in [0.4, 0.5) is 13.2 Å². The highest BCUT2D eigenvalue weighted by Crippen LogP contribution is 2.50. The molecule has 2 rings (SSSR count). The van der Waals surface area contributed by atoms with Crippen LogP contribution >= 0.6 is 0 Å². The van der Waals surface area contributed by atoms with Crippen molar-refractivity contribution in [3.8, 4) is 0 Å². The van der Waals surface area contributed by atoms with Crippen LogP contribution in [-0.2, 0) is 0 Å². The highest BCUT2D eigenvalue weighted by atomic mass is 19.4. The van der Waals surface area contributed by atoms with E-state index in [2.05, 4.69) is 0 Å². The van der Waals surface area contributed by atoms with Gasteiger partial charge in [0.25, 0.3) is 0 Å². The Labute approximate surface area is 63.1 Å². The zero-order valence-corrected chi connectivity index (χ0v) is 5.93. The monoisotopic (exact) mass is 162 g/mol. The Kier molecular flexibility index (Phi) is 1.32. The maximum absolute atomic E-state index is 12.2. The van der Waals surface area contributed by atoms with E-state index in [9.17, 15) is 13.2 Å². The molecule has 62 valence electrons. The molecule has 1 saturated carbocycles. The molecule has 0 N–H and O–H groups in total. The predicted octanol–water partition coefficient (Wildman–Crippen LogP) is 2.76. The quantitative estimate of drug-likeness (QED) is 0.480. The lowest BCUT2D eigenvalue weighted by atomic mass is 9.93. The molecule has 0 saturated heterocycles. The molecule has 0 aliphatic heterocycles. The Balaban J connectivity index is 2.15. The van der Waals surface area contributed by atoms with Crippen molar-refractivity contribution in [3.05, 3.63) is 12.2 Å². The highest BCUT2D eigenvalue weighted by Gasteiger charge is 2.50. The van der Waals surface area contributed by atoms with Crippen LogP contribution in [0, 0.1) is 17.8 Å². The van der Waals surface area contributed by atoms with Crippen molar-refractivity contribution in [1.29, 1.82) is 0 Å². The summed E-state index contributed by atoms with van der Waals surface area (Å²) in [4.78, 5) is 0. The standard InChI is InChI=1S/C8H9F3/c9-8(10,11)7-4-5-1-2-6(7)3-5/h1-2,5-7H,3-4H2/t5-,6-,7+/m0/s1. The van der Waals surface area contributed by atoms with Gasteiger partial charge in [0.05, 0.1) is 5.92 Å². The molecule has 11 heavy (non-hydrogen) atoms. The first kappa shape index (κ1) is 7.19. The Morgan fingerprint density at radius 1 is 1.09 bits per heavy atom. The molecule has 0 unspecified atom stereocenters. The minimum atomic E-state index is -3.97. The van der Waals surface area contributed by atoms with Gasteiger partial charge in [0, 0.05) is 0 Å². The fourth-order valence-corrected chi connectivity index (χ4v) is 2.16. The molecule has 2 bridgehead atoms. The second kappa shape index (κ2) is 2.02. The molecule has 2 aliphatic rings.